The van der Waals surface area contributed by atoms with E-state index < -0.39 is 0 Å². The zero-order valence-corrected chi connectivity index (χ0v) is 18.9. The molecule has 4 N–H and O–H groups in total. The lowest BCUT2D eigenvalue weighted by Crippen LogP contribution is -2.31. The molecule has 0 aliphatic carbocycles. The quantitative estimate of drug-likeness (QED) is 0.246. The molecule has 1 rings (SSSR count). The zero-order chi connectivity index (χ0) is 21.9. The van der Waals surface area contributed by atoms with Gasteiger partial charge in [-0.05, 0) is 25.0 Å². The highest BCUT2D eigenvalue weighted by atomic mass is 16.2. The Morgan fingerprint density at radius 1 is 0.667 bits per heavy atom. The van der Waals surface area contributed by atoms with E-state index in [2.05, 4.69) is 40.1 Å². The summed E-state index contributed by atoms with van der Waals surface area (Å²) in [7, 11) is 0. The summed E-state index contributed by atoms with van der Waals surface area (Å²) in [6, 6.07) is 4.59. The van der Waals surface area contributed by atoms with Crippen LogP contribution in [0.15, 0.2) is 18.2 Å². The Morgan fingerprint density at radius 3 is 1.50 bits per heavy atom. The third-order valence-electron chi connectivity index (χ3n) is 4.86. The monoisotopic (exact) mass is 419 g/mol. The van der Waals surface area contributed by atoms with Crippen LogP contribution in [0.3, 0.4) is 0 Å². The fraction of sp³-hybridized carbons (Fsp3) is 0.696. The Morgan fingerprint density at radius 2 is 1.07 bits per heavy atom. The number of nitrogens with zero attached hydrogens (tertiary/aromatic N) is 1. The van der Waals surface area contributed by atoms with Crippen LogP contribution in [0, 0.1) is 0 Å². The van der Waals surface area contributed by atoms with Gasteiger partial charge in [-0.3, -0.25) is 10.6 Å². The van der Waals surface area contributed by atoms with Crippen LogP contribution in [0.2, 0.25) is 0 Å². The van der Waals surface area contributed by atoms with Crippen LogP contribution < -0.4 is 21.3 Å². The van der Waals surface area contributed by atoms with E-state index in [1.54, 1.807) is 18.2 Å². The molecule has 0 saturated heterocycles. The van der Waals surface area contributed by atoms with E-state index in [1.165, 1.54) is 51.4 Å². The van der Waals surface area contributed by atoms with Gasteiger partial charge < -0.3 is 10.6 Å². The first-order valence-corrected chi connectivity index (χ1v) is 11.7. The number of carbonyl (C=O) groups excluding carboxylic acids is 2. The molecule has 1 heterocycles. The number of pyridine rings is 1. The minimum absolute atomic E-state index is 0.277. The molecule has 7 heteroatoms. The lowest BCUT2D eigenvalue weighted by atomic mass is 10.1. The number of aromatic nitrogens is 1. The summed E-state index contributed by atoms with van der Waals surface area (Å²) in [4.78, 5) is 28.2. The number of amides is 4. The minimum atomic E-state index is -0.277. The van der Waals surface area contributed by atoms with Crippen molar-refractivity contribution in [2.75, 3.05) is 23.7 Å². The SMILES string of the molecule is CCCCCCCCNC(=O)Nc1cccc(NC(=O)NCCCCCCCC)n1. The molecule has 0 spiro atoms. The van der Waals surface area contributed by atoms with Gasteiger partial charge in [0.05, 0.1) is 0 Å². The number of hydrogen-bond acceptors (Lipinski definition) is 3. The summed E-state index contributed by atoms with van der Waals surface area (Å²) in [6.45, 7) is 5.70. The van der Waals surface area contributed by atoms with Crippen molar-refractivity contribution >= 4 is 23.7 Å². The Balaban J connectivity index is 2.20. The molecule has 170 valence electrons. The number of carbonyl (C=O) groups is 2. The molecule has 4 amide bonds. The van der Waals surface area contributed by atoms with Gasteiger partial charge in [-0.2, -0.15) is 0 Å². The van der Waals surface area contributed by atoms with Crippen LogP contribution in [0.1, 0.15) is 90.9 Å². The van der Waals surface area contributed by atoms with Crippen molar-refractivity contribution < 1.29 is 9.59 Å². The summed E-state index contributed by atoms with van der Waals surface area (Å²) in [5, 5.41) is 11.1. The van der Waals surface area contributed by atoms with Gasteiger partial charge in [0.25, 0.3) is 0 Å². The second kappa shape index (κ2) is 17.5. The summed E-state index contributed by atoms with van der Waals surface area (Å²) in [5.74, 6) is 0.813. The molecule has 0 aliphatic heterocycles. The van der Waals surface area contributed by atoms with E-state index in [9.17, 15) is 9.59 Å². The van der Waals surface area contributed by atoms with Crippen molar-refractivity contribution in [3.63, 3.8) is 0 Å². The lowest BCUT2D eigenvalue weighted by molar-refractivity contribution is 0.251. The molecule has 0 aliphatic rings. The first kappa shape index (κ1) is 25.7. The standard InChI is InChI=1S/C23H41N5O2/c1-3-5-7-9-11-13-18-24-22(29)27-20-16-15-17-21(26-20)28-23(30)25-19-14-12-10-8-6-4-2/h15-17H,3-14,18-19H2,1-2H3,(H4,24,25,26,27,28,29,30). The number of anilines is 2. The van der Waals surface area contributed by atoms with Crippen LogP contribution in [0.25, 0.3) is 0 Å². The fourth-order valence-corrected chi connectivity index (χ4v) is 3.11. The van der Waals surface area contributed by atoms with Gasteiger partial charge in [-0.1, -0.05) is 84.1 Å². The van der Waals surface area contributed by atoms with Crippen molar-refractivity contribution in [2.24, 2.45) is 0 Å². The average Bonchev–Trinajstić information content (AvgIpc) is 2.72. The smallest absolute Gasteiger partial charge is 0.320 e. The maximum absolute atomic E-state index is 12.0. The number of hydrogen-bond donors (Lipinski definition) is 4. The average molecular weight is 420 g/mol. The lowest BCUT2D eigenvalue weighted by Gasteiger charge is -2.10. The Bertz CT molecular complexity index is 547. The van der Waals surface area contributed by atoms with E-state index in [0.29, 0.717) is 24.7 Å². The molecule has 0 radical (unpaired) electrons. The third kappa shape index (κ3) is 13.8. The van der Waals surface area contributed by atoms with Crippen LogP contribution in [0.4, 0.5) is 21.2 Å². The van der Waals surface area contributed by atoms with Crippen LogP contribution in [-0.2, 0) is 0 Å². The Hall–Kier alpha value is -2.31. The van der Waals surface area contributed by atoms with Crippen molar-refractivity contribution in [3.8, 4) is 0 Å². The molecular formula is C23H41N5O2. The van der Waals surface area contributed by atoms with Crippen LogP contribution >= 0.6 is 0 Å². The first-order chi connectivity index (χ1) is 14.7. The number of rotatable bonds is 16. The van der Waals surface area contributed by atoms with Crippen molar-refractivity contribution in [2.45, 2.75) is 90.9 Å². The van der Waals surface area contributed by atoms with Crippen LogP contribution in [0.5, 0.6) is 0 Å². The maximum atomic E-state index is 12.0. The summed E-state index contributed by atoms with van der Waals surface area (Å²) < 4.78 is 0. The zero-order valence-electron chi connectivity index (χ0n) is 18.9. The predicted octanol–water partition coefficient (Wildman–Crippen LogP) is 6.05. The third-order valence-corrected chi connectivity index (χ3v) is 4.86. The maximum Gasteiger partial charge on any atom is 0.320 e. The molecule has 0 fully saturated rings. The highest BCUT2D eigenvalue weighted by Crippen LogP contribution is 2.09. The summed E-state index contributed by atoms with van der Waals surface area (Å²) in [5.41, 5.74) is 0. The number of unbranched alkanes of at least 4 members (excludes halogenated alkanes) is 10. The highest BCUT2D eigenvalue weighted by molar-refractivity contribution is 5.90. The first-order valence-electron chi connectivity index (χ1n) is 11.7. The molecule has 0 saturated carbocycles. The van der Waals surface area contributed by atoms with Crippen molar-refractivity contribution in [1.29, 1.82) is 0 Å². The van der Waals surface area contributed by atoms with Crippen molar-refractivity contribution in [3.05, 3.63) is 18.2 Å². The molecule has 0 bridgehead atoms. The summed E-state index contributed by atoms with van der Waals surface area (Å²) >= 11 is 0. The number of nitrogens with one attached hydrogen (secondary N) is 4. The predicted molar refractivity (Wildman–Crippen MR) is 125 cm³/mol. The van der Waals surface area contributed by atoms with E-state index in [-0.39, 0.29) is 12.1 Å². The largest absolute Gasteiger partial charge is 0.338 e. The van der Waals surface area contributed by atoms with E-state index in [4.69, 9.17) is 0 Å². The normalized spacial score (nSPS) is 10.5. The minimum Gasteiger partial charge on any atom is -0.338 e. The summed E-state index contributed by atoms with van der Waals surface area (Å²) in [6.07, 6.45) is 14.2. The fourth-order valence-electron chi connectivity index (χ4n) is 3.11. The van der Waals surface area contributed by atoms with Gasteiger partial charge >= 0.3 is 12.1 Å². The topological polar surface area (TPSA) is 95.2 Å². The Labute approximate surface area is 182 Å². The second-order valence-corrected chi connectivity index (χ2v) is 7.71. The van der Waals surface area contributed by atoms with Crippen molar-refractivity contribution in [1.82, 2.24) is 15.6 Å². The molecule has 30 heavy (non-hydrogen) atoms. The molecule has 0 unspecified atom stereocenters. The van der Waals surface area contributed by atoms with E-state index >= 15 is 0 Å². The molecule has 0 aromatic carbocycles. The van der Waals surface area contributed by atoms with Gasteiger partial charge in [0, 0.05) is 13.1 Å². The molecule has 7 nitrogen and oxygen atoms in total. The van der Waals surface area contributed by atoms with Gasteiger partial charge in [-0.25, -0.2) is 14.6 Å². The Kier molecular flexibility index (Phi) is 15.0. The highest BCUT2D eigenvalue weighted by Gasteiger charge is 2.06. The van der Waals surface area contributed by atoms with Gasteiger partial charge in [0.1, 0.15) is 11.6 Å². The van der Waals surface area contributed by atoms with Gasteiger partial charge in [0.15, 0.2) is 0 Å². The number of urea groups is 2. The molecule has 1 aromatic heterocycles. The molecule has 1 aromatic rings. The van der Waals surface area contributed by atoms with E-state index in [0.717, 1.165) is 25.7 Å². The second-order valence-electron chi connectivity index (χ2n) is 7.71. The van der Waals surface area contributed by atoms with Gasteiger partial charge in [0.2, 0.25) is 0 Å². The molecular weight excluding hydrogens is 378 g/mol. The van der Waals surface area contributed by atoms with Gasteiger partial charge in [-0.15, -0.1) is 0 Å². The molecule has 0 atom stereocenters. The van der Waals surface area contributed by atoms with Crippen LogP contribution in [-0.4, -0.2) is 30.1 Å². The van der Waals surface area contributed by atoms with E-state index in [1.807, 2.05) is 0 Å².